The Kier molecular flexibility index (Phi) is 5.77. The molecule has 0 bridgehead atoms. The SMILES string of the molecule is Cc1ccc(-n2nccn2)c(C(=O)N2CC(COc3nccc4ccccc34)CCC2C)c1. The van der Waals surface area contributed by atoms with Gasteiger partial charge in [0.2, 0.25) is 5.88 Å². The summed E-state index contributed by atoms with van der Waals surface area (Å²) in [5, 5.41) is 10.6. The molecule has 5 rings (SSSR count). The summed E-state index contributed by atoms with van der Waals surface area (Å²) < 4.78 is 6.16. The molecule has 0 N–H and O–H groups in total. The average molecular weight is 442 g/mol. The van der Waals surface area contributed by atoms with Crippen molar-refractivity contribution < 1.29 is 9.53 Å². The molecule has 1 aliphatic rings. The Labute approximate surface area is 193 Å². The Hall–Kier alpha value is -3.74. The summed E-state index contributed by atoms with van der Waals surface area (Å²) in [5.74, 6) is 0.892. The standard InChI is InChI=1S/C26H27N5O2/c1-18-7-10-24(31-28-13-14-29-31)23(15-18)26(32)30-16-20(9-8-19(30)2)17-33-25-22-6-4-3-5-21(22)11-12-27-25/h3-7,10-15,19-20H,8-9,16-17H2,1-2H3. The maximum absolute atomic E-state index is 13.7. The number of amides is 1. The Morgan fingerprint density at radius 1 is 1.06 bits per heavy atom. The van der Waals surface area contributed by atoms with Gasteiger partial charge in [-0.3, -0.25) is 4.79 Å². The first-order valence-electron chi connectivity index (χ1n) is 11.3. The number of nitrogens with zero attached hydrogens (tertiary/aromatic N) is 5. The van der Waals surface area contributed by atoms with Gasteiger partial charge in [0, 0.05) is 30.1 Å². The third kappa shape index (κ3) is 4.31. The molecular weight excluding hydrogens is 414 g/mol. The van der Waals surface area contributed by atoms with Crippen molar-refractivity contribution in [1.29, 1.82) is 0 Å². The van der Waals surface area contributed by atoms with Gasteiger partial charge in [0.1, 0.15) is 0 Å². The number of hydrogen-bond donors (Lipinski definition) is 0. The largest absolute Gasteiger partial charge is 0.477 e. The number of rotatable bonds is 5. The zero-order valence-corrected chi connectivity index (χ0v) is 18.9. The van der Waals surface area contributed by atoms with Crippen molar-refractivity contribution in [3.8, 4) is 11.6 Å². The maximum atomic E-state index is 13.7. The minimum absolute atomic E-state index is 0.00601. The van der Waals surface area contributed by atoms with Gasteiger partial charge in [-0.1, -0.05) is 29.8 Å². The van der Waals surface area contributed by atoms with Crippen LogP contribution in [0.25, 0.3) is 16.5 Å². The van der Waals surface area contributed by atoms with Crippen molar-refractivity contribution in [2.75, 3.05) is 13.2 Å². The highest BCUT2D eigenvalue weighted by atomic mass is 16.5. The van der Waals surface area contributed by atoms with E-state index >= 15 is 0 Å². The summed E-state index contributed by atoms with van der Waals surface area (Å²) in [6.45, 7) is 5.27. The van der Waals surface area contributed by atoms with Crippen LogP contribution in [-0.2, 0) is 0 Å². The number of fused-ring (bicyclic) bond motifs is 1. The van der Waals surface area contributed by atoms with Gasteiger partial charge in [-0.25, -0.2) is 4.98 Å². The molecular formula is C26H27N5O2. The number of likely N-dealkylation sites (tertiary alicyclic amines) is 1. The molecule has 1 amide bonds. The van der Waals surface area contributed by atoms with E-state index in [4.69, 9.17) is 4.74 Å². The zero-order chi connectivity index (χ0) is 22.8. The van der Waals surface area contributed by atoms with E-state index in [2.05, 4.69) is 28.2 Å². The second kappa shape index (κ2) is 9.02. The van der Waals surface area contributed by atoms with Crippen LogP contribution in [0.5, 0.6) is 5.88 Å². The van der Waals surface area contributed by atoms with Crippen molar-refractivity contribution >= 4 is 16.7 Å². The van der Waals surface area contributed by atoms with Crippen LogP contribution < -0.4 is 4.74 Å². The molecule has 1 saturated heterocycles. The summed E-state index contributed by atoms with van der Waals surface area (Å²) in [5.41, 5.74) is 2.34. The Morgan fingerprint density at radius 2 is 1.88 bits per heavy atom. The summed E-state index contributed by atoms with van der Waals surface area (Å²) in [4.78, 5) is 21.6. The van der Waals surface area contributed by atoms with Gasteiger partial charge in [-0.05, 0) is 56.3 Å². The summed E-state index contributed by atoms with van der Waals surface area (Å²) in [6, 6.07) is 16.0. The van der Waals surface area contributed by atoms with Crippen LogP contribution in [0.3, 0.4) is 0 Å². The van der Waals surface area contributed by atoms with Crippen LogP contribution in [-0.4, -0.2) is 50.0 Å². The van der Waals surface area contributed by atoms with Gasteiger partial charge in [-0.2, -0.15) is 15.0 Å². The number of pyridine rings is 1. The molecule has 1 aliphatic heterocycles. The first kappa shape index (κ1) is 21.1. The molecule has 0 saturated carbocycles. The number of hydrogen-bond acceptors (Lipinski definition) is 5. The van der Waals surface area contributed by atoms with Gasteiger partial charge in [0.05, 0.1) is 30.3 Å². The fourth-order valence-electron chi connectivity index (χ4n) is 4.50. The molecule has 33 heavy (non-hydrogen) atoms. The highest BCUT2D eigenvalue weighted by Gasteiger charge is 2.31. The van der Waals surface area contributed by atoms with E-state index in [1.165, 1.54) is 4.80 Å². The van der Waals surface area contributed by atoms with Gasteiger partial charge in [0.15, 0.2) is 0 Å². The van der Waals surface area contributed by atoms with E-state index in [0.717, 1.165) is 29.2 Å². The van der Waals surface area contributed by atoms with Crippen molar-refractivity contribution in [1.82, 2.24) is 24.9 Å². The Bertz CT molecular complexity index is 1270. The monoisotopic (exact) mass is 441 g/mol. The van der Waals surface area contributed by atoms with Gasteiger partial charge in [-0.15, -0.1) is 0 Å². The van der Waals surface area contributed by atoms with E-state index in [-0.39, 0.29) is 17.9 Å². The number of benzene rings is 2. The molecule has 7 heteroatoms. The summed E-state index contributed by atoms with van der Waals surface area (Å²) in [6.07, 6.45) is 6.96. The van der Waals surface area contributed by atoms with Crippen LogP contribution in [0.4, 0.5) is 0 Å². The van der Waals surface area contributed by atoms with Gasteiger partial charge in [0.25, 0.3) is 5.91 Å². The lowest BCUT2D eigenvalue weighted by Crippen LogP contribution is -2.47. The predicted octanol–water partition coefficient (Wildman–Crippen LogP) is 4.44. The van der Waals surface area contributed by atoms with E-state index in [1.54, 1.807) is 18.6 Å². The fraction of sp³-hybridized carbons (Fsp3) is 0.308. The van der Waals surface area contributed by atoms with Crippen molar-refractivity contribution in [2.45, 2.75) is 32.7 Å². The highest BCUT2D eigenvalue weighted by molar-refractivity contribution is 5.98. The number of aromatic nitrogens is 4. The Balaban J connectivity index is 1.34. The molecule has 0 radical (unpaired) electrons. The number of piperidine rings is 1. The van der Waals surface area contributed by atoms with Gasteiger partial charge < -0.3 is 9.64 Å². The van der Waals surface area contributed by atoms with E-state index in [0.29, 0.717) is 30.3 Å². The van der Waals surface area contributed by atoms with Crippen LogP contribution in [0.1, 0.15) is 35.7 Å². The normalized spacial score (nSPS) is 18.4. The molecule has 0 aliphatic carbocycles. The minimum atomic E-state index is 0.00601. The molecule has 2 unspecified atom stereocenters. The molecule has 2 aromatic carbocycles. The highest BCUT2D eigenvalue weighted by Crippen LogP contribution is 2.28. The summed E-state index contributed by atoms with van der Waals surface area (Å²) >= 11 is 0. The van der Waals surface area contributed by atoms with Crippen LogP contribution in [0, 0.1) is 12.8 Å². The molecule has 2 atom stereocenters. The minimum Gasteiger partial charge on any atom is -0.477 e. The zero-order valence-electron chi connectivity index (χ0n) is 18.9. The summed E-state index contributed by atoms with van der Waals surface area (Å²) in [7, 11) is 0. The van der Waals surface area contributed by atoms with E-state index in [1.807, 2.05) is 54.3 Å². The first-order valence-corrected chi connectivity index (χ1v) is 11.3. The van der Waals surface area contributed by atoms with Crippen molar-refractivity contribution in [3.05, 3.63) is 78.2 Å². The molecule has 2 aromatic heterocycles. The molecule has 168 valence electrons. The quantitative estimate of drug-likeness (QED) is 0.458. The van der Waals surface area contributed by atoms with Crippen molar-refractivity contribution in [3.63, 3.8) is 0 Å². The lowest BCUT2D eigenvalue weighted by Gasteiger charge is -2.38. The Morgan fingerprint density at radius 3 is 2.73 bits per heavy atom. The van der Waals surface area contributed by atoms with E-state index < -0.39 is 0 Å². The molecule has 0 spiro atoms. The first-order chi connectivity index (χ1) is 16.1. The molecule has 4 aromatic rings. The van der Waals surface area contributed by atoms with Crippen LogP contribution >= 0.6 is 0 Å². The average Bonchev–Trinajstić information content (AvgIpc) is 3.38. The van der Waals surface area contributed by atoms with E-state index in [9.17, 15) is 4.79 Å². The molecule has 7 nitrogen and oxygen atoms in total. The maximum Gasteiger partial charge on any atom is 0.256 e. The topological polar surface area (TPSA) is 73.1 Å². The lowest BCUT2D eigenvalue weighted by atomic mass is 9.93. The van der Waals surface area contributed by atoms with Crippen LogP contribution in [0.15, 0.2) is 67.1 Å². The molecule has 3 heterocycles. The number of carbonyl (C=O) groups is 1. The smallest absolute Gasteiger partial charge is 0.256 e. The van der Waals surface area contributed by atoms with Crippen LogP contribution in [0.2, 0.25) is 0 Å². The molecule has 1 fully saturated rings. The lowest BCUT2D eigenvalue weighted by molar-refractivity contribution is 0.0503. The predicted molar refractivity (Wildman–Crippen MR) is 127 cm³/mol. The second-order valence-electron chi connectivity index (χ2n) is 8.74. The second-order valence-corrected chi connectivity index (χ2v) is 8.74. The third-order valence-electron chi connectivity index (χ3n) is 6.35. The number of ether oxygens (including phenoxy) is 1. The van der Waals surface area contributed by atoms with Gasteiger partial charge >= 0.3 is 0 Å². The van der Waals surface area contributed by atoms with Crippen molar-refractivity contribution in [2.24, 2.45) is 5.92 Å². The number of carbonyl (C=O) groups excluding carboxylic acids is 1. The third-order valence-corrected chi connectivity index (χ3v) is 6.35. The number of aryl methyl sites for hydroxylation is 1. The fourth-order valence-corrected chi connectivity index (χ4v) is 4.50.